The summed E-state index contributed by atoms with van der Waals surface area (Å²) in [6.07, 6.45) is 1.42. The van der Waals surface area contributed by atoms with Crippen LogP contribution >= 0.6 is 15.9 Å². The number of hydrogen-bond donors (Lipinski definition) is 2. The van der Waals surface area contributed by atoms with Crippen molar-refractivity contribution in [2.75, 3.05) is 19.8 Å². The third kappa shape index (κ3) is 4.62. The molecular weight excluding hydrogens is 451 g/mol. The normalized spacial score (nSPS) is 13.6. The van der Waals surface area contributed by atoms with E-state index in [9.17, 15) is 18.8 Å². The molecule has 0 bridgehead atoms. The number of urea groups is 1. The number of ether oxygens (including phenoxy) is 2. The van der Waals surface area contributed by atoms with Gasteiger partial charge >= 0.3 is 18.0 Å². The molecule has 0 spiro atoms. The van der Waals surface area contributed by atoms with E-state index >= 15 is 0 Å². The molecule has 0 fully saturated rings. The van der Waals surface area contributed by atoms with Gasteiger partial charge in [0.05, 0.1) is 28.9 Å². The zero-order chi connectivity index (χ0) is 21.0. The van der Waals surface area contributed by atoms with Crippen LogP contribution in [0.2, 0.25) is 0 Å². The van der Waals surface area contributed by atoms with Gasteiger partial charge in [-0.25, -0.2) is 23.5 Å². The number of benzene rings is 1. The highest BCUT2D eigenvalue weighted by molar-refractivity contribution is 9.10. The number of aromatic nitrogens is 2. The highest BCUT2D eigenvalue weighted by atomic mass is 79.9. The fourth-order valence-corrected chi connectivity index (χ4v) is 2.96. The van der Waals surface area contributed by atoms with Crippen LogP contribution in [-0.4, -0.2) is 47.5 Å². The Morgan fingerprint density at radius 3 is 2.76 bits per heavy atom. The van der Waals surface area contributed by atoms with E-state index in [-0.39, 0.29) is 42.4 Å². The number of carbonyl (C=O) groups is 3. The van der Waals surface area contributed by atoms with Gasteiger partial charge in [0.1, 0.15) is 18.1 Å². The molecule has 11 heteroatoms. The molecule has 152 valence electrons. The van der Waals surface area contributed by atoms with Crippen LogP contribution < -0.4 is 10.6 Å². The molecule has 3 rings (SSSR count). The first-order valence-electron chi connectivity index (χ1n) is 8.52. The van der Waals surface area contributed by atoms with Crippen LogP contribution in [0.1, 0.15) is 17.4 Å². The van der Waals surface area contributed by atoms with Crippen molar-refractivity contribution in [2.45, 2.75) is 6.92 Å². The van der Waals surface area contributed by atoms with Gasteiger partial charge in [-0.3, -0.25) is 0 Å². The minimum absolute atomic E-state index is 0.0524. The number of esters is 2. The summed E-state index contributed by atoms with van der Waals surface area (Å²) in [5, 5.41) is 8.93. The quantitative estimate of drug-likeness (QED) is 0.630. The smallest absolute Gasteiger partial charge is 0.360 e. The zero-order valence-corrected chi connectivity index (χ0v) is 16.8. The van der Waals surface area contributed by atoms with Gasteiger partial charge in [-0.1, -0.05) is 12.1 Å². The molecule has 0 radical (unpaired) electrons. The number of para-hydroxylation sites is 1. The zero-order valence-electron chi connectivity index (χ0n) is 15.2. The lowest BCUT2D eigenvalue weighted by Crippen LogP contribution is -2.45. The second-order valence-electron chi connectivity index (χ2n) is 5.78. The standard InChI is InChI=1S/C18H16BrFN4O5/c1-2-28-16(25)10-7-21-18(27)22-13(10)9-29-17(26)15-11(19)8-24(23-15)14-6-4-3-5-12(14)20/h3-6,8H,2,7,9H2,1H3,(H2,21,22,27). The summed E-state index contributed by atoms with van der Waals surface area (Å²) in [5.74, 6) is -1.96. The first-order valence-corrected chi connectivity index (χ1v) is 9.31. The average Bonchev–Trinajstić information content (AvgIpc) is 3.08. The van der Waals surface area contributed by atoms with Gasteiger partial charge in [0, 0.05) is 6.20 Å². The van der Waals surface area contributed by atoms with Crippen molar-refractivity contribution < 1.29 is 28.2 Å². The summed E-state index contributed by atoms with van der Waals surface area (Å²) in [7, 11) is 0. The number of amides is 2. The van der Waals surface area contributed by atoms with Gasteiger partial charge < -0.3 is 20.1 Å². The highest BCUT2D eigenvalue weighted by Crippen LogP contribution is 2.21. The first kappa shape index (κ1) is 20.5. The Hall–Kier alpha value is -3.21. The second kappa shape index (κ2) is 8.86. The lowest BCUT2D eigenvalue weighted by atomic mass is 10.2. The molecule has 2 heterocycles. The molecule has 0 saturated carbocycles. The van der Waals surface area contributed by atoms with Crippen LogP contribution in [0.15, 0.2) is 46.2 Å². The Morgan fingerprint density at radius 2 is 2.03 bits per heavy atom. The molecule has 0 atom stereocenters. The SMILES string of the molecule is CCOC(=O)C1=C(COC(=O)c2nn(-c3ccccc3F)cc2Br)NC(=O)NC1. The Bertz CT molecular complexity index is 1000. The number of halogens is 2. The number of rotatable bonds is 6. The van der Waals surface area contributed by atoms with E-state index in [2.05, 4.69) is 31.7 Å². The van der Waals surface area contributed by atoms with Crippen LogP contribution in [0.3, 0.4) is 0 Å². The molecular formula is C18H16BrFN4O5. The summed E-state index contributed by atoms with van der Waals surface area (Å²) < 4.78 is 25.6. The van der Waals surface area contributed by atoms with E-state index in [1.165, 1.54) is 29.1 Å². The van der Waals surface area contributed by atoms with Crippen molar-refractivity contribution in [3.05, 3.63) is 57.7 Å². The van der Waals surface area contributed by atoms with E-state index in [1.54, 1.807) is 13.0 Å². The van der Waals surface area contributed by atoms with Gasteiger partial charge in [-0.2, -0.15) is 5.10 Å². The lowest BCUT2D eigenvalue weighted by Gasteiger charge is -2.20. The molecule has 1 aliphatic heterocycles. The van der Waals surface area contributed by atoms with Crippen LogP contribution in [0.4, 0.5) is 9.18 Å². The van der Waals surface area contributed by atoms with Crippen molar-refractivity contribution >= 4 is 33.9 Å². The minimum atomic E-state index is -0.824. The van der Waals surface area contributed by atoms with Crippen LogP contribution in [0.5, 0.6) is 0 Å². The first-order chi connectivity index (χ1) is 13.9. The Balaban J connectivity index is 1.77. The molecule has 1 aliphatic rings. The van der Waals surface area contributed by atoms with E-state index in [1.807, 2.05) is 0 Å². The molecule has 1 aromatic heterocycles. The summed E-state index contributed by atoms with van der Waals surface area (Å²) in [6.45, 7) is 1.38. The predicted octanol–water partition coefficient (Wildman–Crippen LogP) is 2.06. The molecule has 0 saturated heterocycles. The Labute approximate surface area is 173 Å². The Kier molecular flexibility index (Phi) is 6.27. The van der Waals surface area contributed by atoms with E-state index < -0.39 is 23.8 Å². The maximum absolute atomic E-state index is 13.9. The van der Waals surface area contributed by atoms with E-state index in [0.717, 1.165) is 0 Å². The fourth-order valence-electron chi connectivity index (χ4n) is 2.53. The molecule has 29 heavy (non-hydrogen) atoms. The van der Waals surface area contributed by atoms with E-state index in [4.69, 9.17) is 9.47 Å². The van der Waals surface area contributed by atoms with Gasteiger partial charge in [0.2, 0.25) is 0 Å². The predicted molar refractivity (Wildman–Crippen MR) is 102 cm³/mol. The molecule has 2 amide bonds. The topological polar surface area (TPSA) is 112 Å². The number of nitrogens with one attached hydrogen (secondary N) is 2. The van der Waals surface area contributed by atoms with Crippen LogP contribution in [-0.2, 0) is 14.3 Å². The third-order valence-corrected chi connectivity index (χ3v) is 4.47. The third-order valence-electron chi connectivity index (χ3n) is 3.89. The summed E-state index contributed by atoms with van der Waals surface area (Å²) >= 11 is 3.20. The van der Waals surface area contributed by atoms with Crippen molar-refractivity contribution in [1.82, 2.24) is 20.4 Å². The van der Waals surface area contributed by atoms with Crippen molar-refractivity contribution in [3.63, 3.8) is 0 Å². The van der Waals surface area contributed by atoms with Crippen molar-refractivity contribution in [3.8, 4) is 5.69 Å². The monoisotopic (exact) mass is 466 g/mol. The molecule has 2 N–H and O–H groups in total. The summed E-state index contributed by atoms with van der Waals surface area (Å²) in [5.41, 5.74) is 0.331. The largest absolute Gasteiger partial charge is 0.463 e. The molecule has 0 unspecified atom stereocenters. The minimum Gasteiger partial charge on any atom is -0.463 e. The fraction of sp³-hybridized carbons (Fsp3) is 0.222. The maximum Gasteiger partial charge on any atom is 0.360 e. The van der Waals surface area contributed by atoms with Gasteiger partial charge in [0.15, 0.2) is 5.69 Å². The lowest BCUT2D eigenvalue weighted by molar-refractivity contribution is -0.138. The highest BCUT2D eigenvalue weighted by Gasteiger charge is 2.26. The number of carbonyl (C=O) groups excluding carboxylic acids is 3. The molecule has 2 aromatic rings. The van der Waals surface area contributed by atoms with Gasteiger partial charge in [0.25, 0.3) is 0 Å². The molecule has 9 nitrogen and oxygen atoms in total. The summed E-state index contributed by atoms with van der Waals surface area (Å²) in [6, 6.07) is 5.41. The van der Waals surface area contributed by atoms with Gasteiger partial charge in [-0.15, -0.1) is 0 Å². The van der Waals surface area contributed by atoms with E-state index in [0.29, 0.717) is 4.47 Å². The molecule has 1 aromatic carbocycles. The second-order valence-corrected chi connectivity index (χ2v) is 6.64. The van der Waals surface area contributed by atoms with Crippen molar-refractivity contribution in [2.24, 2.45) is 0 Å². The molecule has 0 aliphatic carbocycles. The van der Waals surface area contributed by atoms with Crippen LogP contribution in [0.25, 0.3) is 5.69 Å². The van der Waals surface area contributed by atoms with Gasteiger partial charge in [-0.05, 0) is 35.0 Å². The maximum atomic E-state index is 13.9. The van der Waals surface area contributed by atoms with Crippen LogP contribution in [0, 0.1) is 5.82 Å². The summed E-state index contributed by atoms with van der Waals surface area (Å²) in [4.78, 5) is 36.0. The van der Waals surface area contributed by atoms with Crippen molar-refractivity contribution in [1.29, 1.82) is 0 Å². The number of hydrogen-bond acceptors (Lipinski definition) is 6. The Morgan fingerprint density at radius 1 is 1.28 bits per heavy atom. The number of nitrogens with zero attached hydrogens (tertiary/aromatic N) is 2. The average molecular weight is 467 g/mol.